The fourth-order valence-electron chi connectivity index (χ4n) is 2.51. The first-order valence-electron chi connectivity index (χ1n) is 6.42. The van der Waals surface area contributed by atoms with Crippen LogP contribution in [-0.2, 0) is 9.53 Å². The second-order valence-corrected chi connectivity index (χ2v) is 5.26. The quantitative estimate of drug-likeness (QED) is 0.724. The van der Waals surface area contributed by atoms with E-state index in [2.05, 4.69) is 11.8 Å². The van der Waals surface area contributed by atoms with E-state index in [1.54, 1.807) is 0 Å². The summed E-state index contributed by atoms with van der Waals surface area (Å²) < 4.78 is 5.58. The van der Waals surface area contributed by atoms with Gasteiger partial charge in [-0.3, -0.25) is 9.69 Å². The van der Waals surface area contributed by atoms with Crippen molar-refractivity contribution < 1.29 is 14.6 Å². The minimum absolute atomic E-state index is 0.155. The molecule has 1 saturated heterocycles. The van der Waals surface area contributed by atoms with Crippen LogP contribution in [0.25, 0.3) is 0 Å². The van der Waals surface area contributed by atoms with Gasteiger partial charge in [0.05, 0.1) is 12.7 Å². The molecule has 2 rings (SSSR count). The summed E-state index contributed by atoms with van der Waals surface area (Å²) in [5.41, 5.74) is 5.02. The number of nitrogens with two attached hydrogens (primary N) is 1. The van der Waals surface area contributed by atoms with Gasteiger partial charge in [-0.05, 0) is 25.2 Å². The molecule has 0 aromatic carbocycles. The van der Waals surface area contributed by atoms with Crippen molar-refractivity contribution in [3.05, 3.63) is 0 Å². The molecule has 0 aromatic rings. The second kappa shape index (κ2) is 4.92. The molecule has 1 aliphatic carbocycles. The molecule has 2 unspecified atom stereocenters. The summed E-state index contributed by atoms with van der Waals surface area (Å²) >= 11 is 0. The highest BCUT2D eigenvalue weighted by Crippen LogP contribution is 2.39. The molecule has 0 bridgehead atoms. The molecule has 0 spiro atoms. The van der Waals surface area contributed by atoms with Crippen molar-refractivity contribution in [2.45, 2.75) is 37.8 Å². The van der Waals surface area contributed by atoms with E-state index in [1.807, 2.05) is 0 Å². The number of carboxylic acid groups (broad SMARTS) is 1. The maximum absolute atomic E-state index is 11.3. The second-order valence-electron chi connectivity index (χ2n) is 5.26. The molecule has 17 heavy (non-hydrogen) atoms. The highest BCUT2D eigenvalue weighted by molar-refractivity contribution is 5.79. The van der Waals surface area contributed by atoms with Gasteiger partial charge in [0.2, 0.25) is 0 Å². The standard InChI is InChI=1S/C12H22N2O3/c1-2-10-7-14(5-6-17-10)8-12(13,11(15)16)9-3-4-9/h9-10H,2-8,13H2,1H3,(H,15,16). The smallest absolute Gasteiger partial charge is 0.325 e. The zero-order valence-electron chi connectivity index (χ0n) is 10.4. The monoisotopic (exact) mass is 242 g/mol. The van der Waals surface area contributed by atoms with Crippen LogP contribution in [0.15, 0.2) is 0 Å². The summed E-state index contributed by atoms with van der Waals surface area (Å²) in [5, 5.41) is 9.31. The van der Waals surface area contributed by atoms with Gasteiger partial charge in [-0.1, -0.05) is 6.92 Å². The van der Waals surface area contributed by atoms with Gasteiger partial charge in [-0.2, -0.15) is 0 Å². The molecule has 1 heterocycles. The van der Waals surface area contributed by atoms with Crippen molar-refractivity contribution in [2.24, 2.45) is 11.7 Å². The molecule has 2 fully saturated rings. The first-order chi connectivity index (χ1) is 8.06. The van der Waals surface area contributed by atoms with Crippen molar-refractivity contribution in [1.82, 2.24) is 4.90 Å². The summed E-state index contributed by atoms with van der Waals surface area (Å²) in [5.74, 6) is -0.706. The Kier molecular flexibility index (Phi) is 3.70. The number of ether oxygens (including phenoxy) is 1. The van der Waals surface area contributed by atoms with Gasteiger partial charge in [0, 0.05) is 19.6 Å². The SMILES string of the molecule is CCC1CN(CC(N)(C(=O)O)C2CC2)CCO1. The summed E-state index contributed by atoms with van der Waals surface area (Å²) in [4.78, 5) is 13.5. The summed E-state index contributed by atoms with van der Waals surface area (Å²) in [6.45, 7) is 4.80. The van der Waals surface area contributed by atoms with Crippen LogP contribution < -0.4 is 5.73 Å². The average Bonchev–Trinajstić information content (AvgIpc) is 3.13. The molecule has 5 nitrogen and oxygen atoms in total. The Bertz CT molecular complexity index is 293. The number of carboxylic acids is 1. The summed E-state index contributed by atoms with van der Waals surface area (Å²) in [7, 11) is 0. The zero-order valence-corrected chi connectivity index (χ0v) is 10.4. The lowest BCUT2D eigenvalue weighted by Crippen LogP contribution is -2.60. The average molecular weight is 242 g/mol. The molecule has 2 aliphatic rings. The first-order valence-corrected chi connectivity index (χ1v) is 6.42. The molecule has 1 aliphatic heterocycles. The van der Waals surface area contributed by atoms with E-state index >= 15 is 0 Å². The summed E-state index contributed by atoms with van der Waals surface area (Å²) in [6.07, 6.45) is 3.08. The maximum Gasteiger partial charge on any atom is 0.325 e. The molecular formula is C12H22N2O3. The van der Waals surface area contributed by atoms with Crippen LogP contribution >= 0.6 is 0 Å². The minimum Gasteiger partial charge on any atom is -0.480 e. The van der Waals surface area contributed by atoms with Gasteiger partial charge in [-0.25, -0.2) is 0 Å². The van der Waals surface area contributed by atoms with Crippen LogP contribution in [-0.4, -0.2) is 53.9 Å². The lowest BCUT2D eigenvalue weighted by Gasteiger charge is -2.37. The Balaban J connectivity index is 1.95. The van der Waals surface area contributed by atoms with Crippen molar-refractivity contribution >= 4 is 5.97 Å². The summed E-state index contributed by atoms with van der Waals surface area (Å²) in [6, 6.07) is 0. The highest BCUT2D eigenvalue weighted by atomic mass is 16.5. The van der Waals surface area contributed by atoms with E-state index < -0.39 is 11.5 Å². The number of aliphatic carboxylic acids is 1. The Labute approximate surface area is 102 Å². The van der Waals surface area contributed by atoms with Crippen LogP contribution in [0.1, 0.15) is 26.2 Å². The van der Waals surface area contributed by atoms with Gasteiger partial charge in [0.15, 0.2) is 0 Å². The van der Waals surface area contributed by atoms with Gasteiger partial charge in [0.25, 0.3) is 0 Å². The highest BCUT2D eigenvalue weighted by Gasteiger charge is 2.49. The van der Waals surface area contributed by atoms with E-state index in [1.165, 1.54) is 0 Å². The lowest BCUT2D eigenvalue weighted by molar-refractivity contribution is -0.146. The van der Waals surface area contributed by atoms with Gasteiger partial charge < -0.3 is 15.6 Å². The van der Waals surface area contributed by atoms with Crippen LogP contribution in [0, 0.1) is 5.92 Å². The van der Waals surface area contributed by atoms with E-state index in [0.717, 1.165) is 32.4 Å². The first kappa shape index (κ1) is 12.8. The number of morpholine rings is 1. The van der Waals surface area contributed by atoms with Gasteiger partial charge >= 0.3 is 5.97 Å². The number of hydrogen-bond acceptors (Lipinski definition) is 4. The normalized spacial score (nSPS) is 29.9. The van der Waals surface area contributed by atoms with Crippen LogP contribution in [0.4, 0.5) is 0 Å². The van der Waals surface area contributed by atoms with Crippen LogP contribution in [0.5, 0.6) is 0 Å². The molecule has 98 valence electrons. The Hall–Kier alpha value is -0.650. The number of nitrogens with zero attached hydrogens (tertiary/aromatic N) is 1. The zero-order chi connectivity index (χ0) is 12.5. The fraction of sp³-hybridized carbons (Fsp3) is 0.917. The molecule has 0 radical (unpaired) electrons. The molecule has 0 amide bonds. The fourth-order valence-corrected chi connectivity index (χ4v) is 2.51. The van der Waals surface area contributed by atoms with E-state index in [0.29, 0.717) is 13.2 Å². The predicted molar refractivity (Wildman–Crippen MR) is 63.7 cm³/mol. The molecule has 2 atom stereocenters. The largest absolute Gasteiger partial charge is 0.480 e. The molecule has 3 N–H and O–H groups in total. The number of carbonyl (C=O) groups is 1. The topological polar surface area (TPSA) is 75.8 Å². The van der Waals surface area contributed by atoms with Gasteiger partial charge in [-0.15, -0.1) is 0 Å². The third-order valence-electron chi connectivity index (χ3n) is 3.87. The van der Waals surface area contributed by atoms with Gasteiger partial charge in [0.1, 0.15) is 5.54 Å². The molecule has 1 saturated carbocycles. The molecule has 0 aromatic heterocycles. The third-order valence-corrected chi connectivity index (χ3v) is 3.87. The Morgan fingerprint density at radius 1 is 1.59 bits per heavy atom. The maximum atomic E-state index is 11.3. The van der Waals surface area contributed by atoms with E-state index in [9.17, 15) is 9.90 Å². The number of rotatable bonds is 5. The van der Waals surface area contributed by atoms with Crippen molar-refractivity contribution in [2.75, 3.05) is 26.2 Å². The number of hydrogen-bond donors (Lipinski definition) is 2. The predicted octanol–water partition coefficient (Wildman–Crippen LogP) is 0.289. The Morgan fingerprint density at radius 2 is 2.29 bits per heavy atom. The van der Waals surface area contributed by atoms with Crippen molar-refractivity contribution in [3.8, 4) is 0 Å². The minimum atomic E-state index is -1.06. The Morgan fingerprint density at radius 3 is 2.82 bits per heavy atom. The van der Waals surface area contributed by atoms with Crippen LogP contribution in [0.3, 0.4) is 0 Å². The van der Waals surface area contributed by atoms with Crippen LogP contribution in [0.2, 0.25) is 0 Å². The molecular weight excluding hydrogens is 220 g/mol. The van der Waals surface area contributed by atoms with E-state index in [-0.39, 0.29) is 12.0 Å². The lowest BCUT2D eigenvalue weighted by atomic mass is 9.93. The van der Waals surface area contributed by atoms with Crippen molar-refractivity contribution in [3.63, 3.8) is 0 Å². The van der Waals surface area contributed by atoms with E-state index in [4.69, 9.17) is 10.5 Å². The van der Waals surface area contributed by atoms with Crippen molar-refractivity contribution in [1.29, 1.82) is 0 Å². The third kappa shape index (κ3) is 2.78. The molecule has 5 heteroatoms.